The fourth-order valence-corrected chi connectivity index (χ4v) is 3.13. The van der Waals surface area contributed by atoms with Gasteiger partial charge in [0, 0.05) is 25.0 Å². The maximum Gasteiger partial charge on any atom is 0.185 e. The van der Waals surface area contributed by atoms with Crippen molar-refractivity contribution in [1.29, 1.82) is 0 Å². The van der Waals surface area contributed by atoms with E-state index in [0.29, 0.717) is 5.92 Å². The fraction of sp³-hybridized carbons (Fsp3) is 0.812. The van der Waals surface area contributed by atoms with Crippen molar-refractivity contribution in [2.75, 3.05) is 25.0 Å². The molecular formula is C16H31N3S. The van der Waals surface area contributed by atoms with Gasteiger partial charge in [0.1, 0.15) is 0 Å². The second-order valence-electron chi connectivity index (χ2n) is 5.92. The van der Waals surface area contributed by atoms with E-state index in [2.05, 4.69) is 45.0 Å². The van der Waals surface area contributed by atoms with Crippen LogP contribution in [0.4, 0.5) is 5.13 Å². The number of nitrogens with zero attached hydrogens (tertiary/aromatic N) is 2. The van der Waals surface area contributed by atoms with Crippen molar-refractivity contribution in [2.45, 2.75) is 59.9 Å². The predicted octanol–water partition coefficient (Wildman–Crippen LogP) is 4.08. The molecule has 0 fully saturated rings. The van der Waals surface area contributed by atoms with Crippen LogP contribution in [-0.4, -0.2) is 25.1 Å². The van der Waals surface area contributed by atoms with Gasteiger partial charge < -0.3 is 10.2 Å². The molecule has 116 valence electrons. The van der Waals surface area contributed by atoms with Gasteiger partial charge in [0.15, 0.2) is 5.13 Å². The van der Waals surface area contributed by atoms with Crippen molar-refractivity contribution in [3.63, 3.8) is 0 Å². The Kier molecular flexibility index (Phi) is 8.15. The molecule has 1 heterocycles. The molecular weight excluding hydrogens is 266 g/mol. The first-order valence-corrected chi connectivity index (χ1v) is 8.80. The molecule has 3 nitrogen and oxygen atoms in total. The van der Waals surface area contributed by atoms with Gasteiger partial charge in [-0.25, -0.2) is 4.98 Å². The first kappa shape index (κ1) is 17.4. The van der Waals surface area contributed by atoms with Crippen LogP contribution >= 0.6 is 11.3 Å². The maximum absolute atomic E-state index is 4.85. The Hall–Kier alpha value is -0.610. The van der Waals surface area contributed by atoms with Gasteiger partial charge in [-0.3, -0.25) is 0 Å². The smallest absolute Gasteiger partial charge is 0.185 e. The zero-order valence-corrected chi connectivity index (χ0v) is 14.6. The third-order valence-electron chi connectivity index (χ3n) is 3.27. The van der Waals surface area contributed by atoms with Crippen LogP contribution in [0.1, 0.15) is 57.5 Å². The molecule has 20 heavy (non-hydrogen) atoms. The minimum atomic E-state index is 0.698. The highest BCUT2D eigenvalue weighted by Crippen LogP contribution is 2.27. The number of unbranched alkanes of at least 4 members (excludes halogenated alkanes) is 1. The summed E-state index contributed by atoms with van der Waals surface area (Å²) in [7, 11) is 2.16. The second-order valence-corrected chi connectivity index (χ2v) is 6.98. The Balaban J connectivity index is 2.68. The van der Waals surface area contributed by atoms with Crippen molar-refractivity contribution in [3.8, 4) is 0 Å². The van der Waals surface area contributed by atoms with Gasteiger partial charge >= 0.3 is 0 Å². The van der Waals surface area contributed by atoms with Crippen LogP contribution in [0.25, 0.3) is 0 Å². The van der Waals surface area contributed by atoms with Crippen molar-refractivity contribution in [2.24, 2.45) is 5.92 Å². The summed E-state index contributed by atoms with van der Waals surface area (Å²) < 4.78 is 0. The Morgan fingerprint density at radius 1 is 1.25 bits per heavy atom. The first-order valence-electron chi connectivity index (χ1n) is 7.98. The lowest BCUT2D eigenvalue weighted by atomic mass is 10.2. The number of hydrogen-bond donors (Lipinski definition) is 1. The lowest BCUT2D eigenvalue weighted by molar-refractivity contribution is 0.553. The van der Waals surface area contributed by atoms with Crippen molar-refractivity contribution in [3.05, 3.63) is 10.6 Å². The molecule has 0 aromatic carbocycles. The Morgan fingerprint density at radius 2 is 2.00 bits per heavy atom. The van der Waals surface area contributed by atoms with Gasteiger partial charge in [0.25, 0.3) is 0 Å². The van der Waals surface area contributed by atoms with Crippen LogP contribution in [0.3, 0.4) is 0 Å². The number of hydrogen-bond acceptors (Lipinski definition) is 4. The minimum Gasteiger partial charge on any atom is -0.351 e. The zero-order chi connectivity index (χ0) is 15.0. The molecule has 4 heteroatoms. The average molecular weight is 298 g/mol. The quantitative estimate of drug-likeness (QED) is 0.705. The number of thiazole rings is 1. The summed E-state index contributed by atoms with van der Waals surface area (Å²) in [6.07, 6.45) is 4.73. The molecule has 0 bridgehead atoms. The van der Waals surface area contributed by atoms with Crippen LogP contribution in [0.5, 0.6) is 0 Å². The first-order chi connectivity index (χ1) is 9.58. The van der Waals surface area contributed by atoms with E-state index in [0.717, 1.165) is 26.1 Å². The Morgan fingerprint density at radius 3 is 2.60 bits per heavy atom. The van der Waals surface area contributed by atoms with Gasteiger partial charge in [-0.05, 0) is 25.3 Å². The van der Waals surface area contributed by atoms with Crippen LogP contribution in [0.15, 0.2) is 0 Å². The highest BCUT2D eigenvalue weighted by Gasteiger charge is 2.13. The lowest BCUT2D eigenvalue weighted by Crippen LogP contribution is -2.19. The fourth-order valence-electron chi connectivity index (χ4n) is 2.07. The van der Waals surface area contributed by atoms with E-state index in [-0.39, 0.29) is 0 Å². The molecule has 1 rings (SSSR count). The highest BCUT2D eigenvalue weighted by atomic mass is 32.1. The van der Waals surface area contributed by atoms with Gasteiger partial charge in [-0.1, -0.05) is 40.5 Å². The molecule has 0 aliphatic rings. The number of aryl methyl sites for hydroxylation is 1. The Labute approximate surface area is 128 Å². The minimum absolute atomic E-state index is 0.698. The molecule has 0 unspecified atom stereocenters. The number of anilines is 1. The monoisotopic (exact) mass is 297 g/mol. The molecule has 0 radical (unpaired) electrons. The lowest BCUT2D eigenvalue weighted by Gasteiger charge is -2.14. The summed E-state index contributed by atoms with van der Waals surface area (Å²) in [5.74, 6) is 0.698. The number of rotatable bonds is 10. The molecule has 0 atom stereocenters. The molecule has 0 aliphatic carbocycles. The molecule has 1 N–H and O–H groups in total. The number of aromatic nitrogens is 1. The standard InChI is InChI=1S/C16H31N3S/c1-6-8-10-19(5)16-18-14(9-7-2)15(20-16)12-17-11-13(3)4/h13,17H,6-12H2,1-5H3. The van der Waals surface area contributed by atoms with E-state index in [1.54, 1.807) is 0 Å². The van der Waals surface area contributed by atoms with E-state index in [1.165, 1.54) is 35.0 Å². The van der Waals surface area contributed by atoms with E-state index >= 15 is 0 Å². The average Bonchev–Trinajstić information content (AvgIpc) is 2.79. The van der Waals surface area contributed by atoms with Crippen molar-refractivity contribution >= 4 is 16.5 Å². The third kappa shape index (κ3) is 5.80. The second kappa shape index (κ2) is 9.35. The SMILES string of the molecule is CCCCN(C)c1nc(CCC)c(CNCC(C)C)s1. The topological polar surface area (TPSA) is 28.2 Å². The summed E-state index contributed by atoms with van der Waals surface area (Å²) in [6.45, 7) is 12.1. The summed E-state index contributed by atoms with van der Waals surface area (Å²) in [5, 5.41) is 4.73. The Bertz CT molecular complexity index is 374. The van der Waals surface area contributed by atoms with Gasteiger partial charge in [0.2, 0.25) is 0 Å². The molecule has 1 aromatic heterocycles. The van der Waals surface area contributed by atoms with Gasteiger partial charge in [0.05, 0.1) is 5.69 Å². The van der Waals surface area contributed by atoms with E-state index in [4.69, 9.17) is 4.98 Å². The van der Waals surface area contributed by atoms with Crippen molar-refractivity contribution in [1.82, 2.24) is 10.3 Å². The largest absolute Gasteiger partial charge is 0.351 e. The molecule has 0 saturated heterocycles. The normalized spacial score (nSPS) is 11.3. The maximum atomic E-state index is 4.85. The van der Waals surface area contributed by atoms with E-state index in [9.17, 15) is 0 Å². The summed E-state index contributed by atoms with van der Waals surface area (Å²) in [6, 6.07) is 0. The number of nitrogens with one attached hydrogen (secondary N) is 1. The zero-order valence-electron chi connectivity index (χ0n) is 13.8. The molecule has 0 spiro atoms. The molecule has 1 aromatic rings. The predicted molar refractivity (Wildman–Crippen MR) is 90.8 cm³/mol. The summed E-state index contributed by atoms with van der Waals surface area (Å²) >= 11 is 1.86. The molecule has 0 aliphatic heterocycles. The molecule has 0 amide bonds. The van der Waals surface area contributed by atoms with Gasteiger partial charge in [-0.2, -0.15) is 0 Å². The van der Waals surface area contributed by atoms with Crippen LogP contribution < -0.4 is 10.2 Å². The van der Waals surface area contributed by atoms with Crippen LogP contribution in [-0.2, 0) is 13.0 Å². The molecule has 0 saturated carbocycles. The van der Waals surface area contributed by atoms with Gasteiger partial charge in [-0.15, -0.1) is 11.3 Å². The summed E-state index contributed by atoms with van der Waals surface area (Å²) in [4.78, 5) is 8.58. The highest BCUT2D eigenvalue weighted by molar-refractivity contribution is 7.15. The van der Waals surface area contributed by atoms with Crippen LogP contribution in [0, 0.1) is 5.92 Å². The van der Waals surface area contributed by atoms with E-state index < -0.39 is 0 Å². The summed E-state index contributed by atoms with van der Waals surface area (Å²) in [5.41, 5.74) is 1.30. The van der Waals surface area contributed by atoms with E-state index in [1.807, 2.05) is 11.3 Å². The third-order valence-corrected chi connectivity index (χ3v) is 4.48. The van der Waals surface area contributed by atoms with Crippen LogP contribution in [0.2, 0.25) is 0 Å². The van der Waals surface area contributed by atoms with Crippen molar-refractivity contribution < 1.29 is 0 Å².